The lowest BCUT2D eigenvalue weighted by molar-refractivity contribution is -0.151. The summed E-state index contributed by atoms with van der Waals surface area (Å²) < 4.78 is 0. The Balaban J connectivity index is 2.54. The molecule has 0 aromatic heterocycles. The Morgan fingerprint density at radius 1 is 1.44 bits per heavy atom. The van der Waals surface area contributed by atoms with E-state index < -0.39 is 12.0 Å². The Morgan fingerprint density at radius 3 is 2.69 bits per heavy atom. The first-order valence-corrected chi connectivity index (χ1v) is 5.78. The van der Waals surface area contributed by atoms with E-state index in [4.69, 9.17) is 5.11 Å². The fourth-order valence-corrected chi connectivity index (χ4v) is 1.88. The van der Waals surface area contributed by atoms with Crippen molar-refractivity contribution >= 4 is 11.9 Å². The number of piperidine rings is 1. The number of amides is 1. The fourth-order valence-electron chi connectivity index (χ4n) is 1.88. The molecule has 5 heteroatoms. The average molecular weight is 228 g/mol. The number of aliphatic carboxylic acids is 1. The van der Waals surface area contributed by atoms with Gasteiger partial charge in [0.15, 0.2) is 0 Å². The van der Waals surface area contributed by atoms with Crippen molar-refractivity contribution < 1.29 is 14.7 Å². The maximum Gasteiger partial charge on any atom is 0.326 e. The van der Waals surface area contributed by atoms with E-state index in [1.54, 1.807) is 0 Å². The molecule has 1 heterocycles. The van der Waals surface area contributed by atoms with Crippen LogP contribution in [-0.2, 0) is 9.59 Å². The van der Waals surface area contributed by atoms with Gasteiger partial charge in [-0.25, -0.2) is 4.79 Å². The molecule has 1 unspecified atom stereocenters. The van der Waals surface area contributed by atoms with Gasteiger partial charge in [0.1, 0.15) is 6.04 Å². The van der Waals surface area contributed by atoms with Crippen molar-refractivity contribution in [3.05, 3.63) is 0 Å². The SMILES string of the molecule is CC(C)NCC(=O)N1CCCCC1C(=O)O. The first-order valence-electron chi connectivity index (χ1n) is 5.78. The van der Waals surface area contributed by atoms with E-state index in [-0.39, 0.29) is 18.5 Å². The molecule has 1 fully saturated rings. The molecule has 1 aliphatic rings. The number of nitrogens with one attached hydrogen (secondary N) is 1. The molecule has 0 radical (unpaired) electrons. The number of nitrogens with zero attached hydrogens (tertiary/aromatic N) is 1. The van der Waals surface area contributed by atoms with E-state index in [2.05, 4.69) is 5.32 Å². The first-order chi connectivity index (χ1) is 7.52. The second-order valence-corrected chi connectivity index (χ2v) is 4.47. The van der Waals surface area contributed by atoms with E-state index >= 15 is 0 Å². The zero-order chi connectivity index (χ0) is 12.1. The second-order valence-electron chi connectivity index (χ2n) is 4.47. The van der Waals surface area contributed by atoms with Crippen LogP contribution in [-0.4, -0.2) is 47.1 Å². The van der Waals surface area contributed by atoms with Crippen molar-refractivity contribution in [3.63, 3.8) is 0 Å². The van der Waals surface area contributed by atoms with E-state index in [0.717, 1.165) is 12.8 Å². The highest BCUT2D eigenvalue weighted by atomic mass is 16.4. The van der Waals surface area contributed by atoms with Gasteiger partial charge in [-0.3, -0.25) is 4.79 Å². The summed E-state index contributed by atoms with van der Waals surface area (Å²) >= 11 is 0. The van der Waals surface area contributed by atoms with Crippen LogP contribution in [0.4, 0.5) is 0 Å². The Bertz CT molecular complexity index is 266. The summed E-state index contributed by atoms with van der Waals surface area (Å²) in [5.74, 6) is -1.00. The van der Waals surface area contributed by atoms with Gasteiger partial charge in [0, 0.05) is 12.6 Å². The third-order valence-corrected chi connectivity index (χ3v) is 2.77. The third kappa shape index (κ3) is 3.48. The molecule has 0 saturated carbocycles. The van der Waals surface area contributed by atoms with Gasteiger partial charge < -0.3 is 15.3 Å². The van der Waals surface area contributed by atoms with Crippen molar-refractivity contribution in [3.8, 4) is 0 Å². The number of rotatable bonds is 4. The molecule has 92 valence electrons. The van der Waals surface area contributed by atoms with Crippen molar-refractivity contribution in [1.82, 2.24) is 10.2 Å². The summed E-state index contributed by atoms with van der Waals surface area (Å²) in [6, 6.07) is -0.396. The van der Waals surface area contributed by atoms with Crippen LogP contribution in [0.25, 0.3) is 0 Å². The van der Waals surface area contributed by atoms with Crippen LogP contribution in [0, 0.1) is 0 Å². The predicted octanol–water partition coefficient (Wildman–Crippen LogP) is 0.450. The number of carboxylic acids is 1. The number of carboxylic acid groups (broad SMARTS) is 1. The smallest absolute Gasteiger partial charge is 0.326 e. The zero-order valence-electron chi connectivity index (χ0n) is 9.90. The summed E-state index contributed by atoms with van der Waals surface area (Å²) in [7, 11) is 0. The van der Waals surface area contributed by atoms with Crippen molar-refractivity contribution in [2.75, 3.05) is 13.1 Å². The molecule has 1 amide bonds. The number of hydrogen-bond donors (Lipinski definition) is 2. The maximum atomic E-state index is 11.8. The molecule has 0 aromatic rings. The molecule has 0 aliphatic carbocycles. The largest absolute Gasteiger partial charge is 0.480 e. The van der Waals surface area contributed by atoms with Crippen LogP contribution in [0.1, 0.15) is 33.1 Å². The molecule has 1 aliphatic heterocycles. The van der Waals surface area contributed by atoms with E-state index in [1.807, 2.05) is 13.8 Å². The zero-order valence-corrected chi connectivity index (χ0v) is 9.90. The highest BCUT2D eigenvalue weighted by Gasteiger charge is 2.31. The van der Waals surface area contributed by atoms with E-state index in [9.17, 15) is 9.59 Å². The summed E-state index contributed by atoms with van der Waals surface area (Å²) in [6.07, 6.45) is 2.36. The monoisotopic (exact) mass is 228 g/mol. The van der Waals surface area contributed by atoms with Gasteiger partial charge >= 0.3 is 5.97 Å². The molecule has 1 atom stereocenters. The quantitative estimate of drug-likeness (QED) is 0.733. The van der Waals surface area contributed by atoms with Crippen molar-refractivity contribution in [2.24, 2.45) is 0 Å². The molecule has 1 rings (SSSR count). The third-order valence-electron chi connectivity index (χ3n) is 2.77. The molecule has 5 nitrogen and oxygen atoms in total. The minimum atomic E-state index is -0.891. The lowest BCUT2D eigenvalue weighted by atomic mass is 10.0. The molecular formula is C11H20N2O3. The highest BCUT2D eigenvalue weighted by Crippen LogP contribution is 2.17. The van der Waals surface area contributed by atoms with E-state index in [1.165, 1.54) is 4.90 Å². The predicted molar refractivity (Wildman–Crippen MR) is 60.1 cm³/mol. The normalized spacial score (nSPS) is 21.2. The lowest BCUT2D eigenvalue weighted by Crippen LogP contribution is -2.51. The Labute approximate surface area is 95.8 Å². The van der Waals surface area contributed by atoms with E-state index in [0.29, 0.717) is 13.0 Å². The summed E-state index contributed by atoms with van der Waals surface area (Å²) in [4.78, 5) is 24.3. The fraction of sp³-hybridized carbons (Fsp3) is 0.818. The molecular weight excluding hydrogens is 208 g/mol. The van der Waals surface area contributed by atoms with Crippen LogP contribution in [0.3, 0.4) is 0 Å². The maximum absolute atomic E-state index is 11.8. The Hall–Kier alpha value is -1.10. The van der Waals surface area contributed by atoms with Crippen LogP contribution in [0.2, 0.25) is 0 Å². The van der Waals surface area contributed by atoms with Crippen LogP contribution < -0.4 is 5.32 Å². The lowest BCUT2D eigenvalue weighted by Gasteiger charge is -2.33. The van der Waals surface area contributed by atoms with Gasteiger partial charge in [0.05, 0.1) is 6.54 Å². The van der Waals surface area contributed by atoms with Gasteiger partial charge in [-0.2, -0.15) is 0 Å². The number of carbonyl (C=O) groups is 2. The van der Waals surface area contributed by atoms with Crippen molar-refractivity contribution in [2.45, 2.75) is 45.2 Å². The Kier molecular flexibility index (Phi) is 4.73. The molecule has 16 heavy (non-hydrogen) atoms. The molecule has 1 saturated heterocycles. The molecule has 0 bridgehead atoms. The van der Waals surface area contributed by atoms with Gasteiger partial charge in [-0.1, -0.05) is 13.8 Å². The molecule has 0 spiro atoms. The van der Waals surface area contributed by atoms with Crippen LogP contribution in [0.15, 0.2) is 0 Å². The number of carbonyl (C=O) groups excluding carboxylic acids is 1. The summed E-state index contributed by atoms with van der Waals surface area (Å²) in [5, 5.41) is 12.0. The van der Waals surface area contributed by atoms with Gasteiger partial charge in [-0.05, 0) is 19.3 Å². The Morgan fingerprint density at radius 2 is 2.12 bits per heavy atom. The molecule has 2 N–H and O–H groups in total. The highest BCUT2D eigenvalue weighted by molar-refractivity contribution is 5.85. The van der Waals surface area contributed by atoms with Crippen LogP contribution in [0.5, 0.6) is 0 Å². The number of likely N-dealkylation sites (tertiary alicyclic amines) is 1. The number of hydrogen-bond acceptors (Lipinski definition) is 3. The first kappa shape index (κ1) is 13.0. The van der Waals surface area contributed by atoms with Gasteiger partial charge in [0.2, 0.25) is 5.91 Å². The molecule has 0 aromatic carbocycles. The van der Waals surface area contributed by atoms with Crippen molar-refractivity contribution in [1.29, 1.82) is 0 Å². The summed E-state index contributed by atoms with van der Waals surface area (Å²) in [6.45, 7) is 4.70. The minimum absolute atomic E-state index is 0.110. The second kappa shape index (κ2) is 5.84. The minimum Gasteiger partial charge on any atom is -0.480 e. The topological polar surface area (TPSA) is 69.6 Å². The van der Waals surface area contributed by atoms with Crippen LogP contribution >= 0.6 is 0 Å². The average Bonchev–Trinajstić information content (AvgIpc) is 2.25. The standard InChI is InChI=1S/C11H20N2O3/c1-8(2)12-7-10(14)13-6-4-3-5-9(13)11(15)16/h8-9,12H,3-7H2,1-2H3,(H,15,16). The van der Waals surface area contributed by atoms with Gasteiger partial charge in [-0.15, -0.1) is 0 Å². The van der Waals surface area contributed by atoms with Gasteiger partial charge in [0.25, 0.3) is 0 Å². The summed E-state index contributed by atoms with van der Waals surface area (Å²) in [5.41, 5.74) is 0.